The van der Waals surface area contributed by atoms with Gasteiger partial charge in [-0.2, -0.15) is 0 Å². The van der Waals surface area contributed by atoms with Crippen molar-refractivity contribution in [2.75, 3.05) is 19.6 Å². The molecule has 2 rings (SSSR count). The van der Waals surface area contributed by atoms with E-state index < -0.39 is 0 Å². The molecule has 0 aromatic carbocycles. The Morgan fingerprint density at radius 2 is 2.40 bits per heavy atom. The highest BCUT2D eigenvalue weighted by Crippen LogP contribution is 2.16. The van der Waals surface area contributed by atoms with Gasteiger partial charge in [-0.05, 0) is 32.1 Å². The number of rotatable bonds is 4. The highest BCUT2D eigenvalue weighted by molar-refractivity contribution is 7.09. The average Bonchev–Trinajstić information content (AvgIpc) is 2.91. The summed E-state index contributed by atoms with van der Waals surface area (Å²) in [7, 11) is 0. The molecule has 1 N–H and O–H groups in total. The van der Waals surface area contributed by atoms with Gasteiger partial charge in [-0.1, -0.05) is 13.8 Å². The number of nitrogens with one attached hydrogen (secondary N) is 1. The van der Waals surface area contributed by atoms with Gasteiger partial charge in [0.15, 0.2) is 5.96 Å². The molecule has 20 heavy (non-hydrogen) atoms. The van der Waals surface area contributed by atoms with E-state index in [2.05, 4.69) is 41.4 Å². The van der Waals surface area contributed by atoms with Gasteiger partial charge in [0.2, 0.25) is 0 Å². The Morgan fingerprint density at radius 3 is 3.05 bits per heavy atom. The van der Waals surface area contributed by atoms with Crippen molar-refractivity contribution in [3.63, 3.8) is 0 Å². The largest absolute Gasteiger partial charge is 0.357 e. The molecule has 5 heteroatoms. The smallest absolute Gasteiger partial charge is 0.194 e. The molecule has 4 nitrogen and oxygen atoms in total. The van der Waals surface area contributed by atoms with Crippen molar-refractivity contribution in [1.82, 2.24) is 15.2 Å². The molecule has 0 bridgehead atoms. The number of aryl methyl sites for hydroxylation is 1. The lowest BCUT2D eigenvalue weighted by molar-refractivity contribution is 0.266. The minimum absolute atomic E-state index is 0.684. The Kier molecular flexibility index (Phi) is 5.83. The van der Waals surface area contributed by atoms with Crippen molar-refractivity contribution in [2.45, 2.75) is 46.6 Å². The summed E-state index contributed by atoms with van der Waals surface area (Å²) in [5.74, 6) is 1.81. The highest BCUT2D eigenvalue weighted by Gasteiger charge is 2.19. The fraction of sp³-hybridized carbons (Fsp3) is 0.733. The zero-order valence-electron chi connectivity index (χ0n) is 12.9. The summed E-state index contributed by atoms with van der Waals surface area (Å²) in [4.78, 5) is 11.7. The van der Waals surface area contributed by atoms with Gasteiger partial charge in [-0.3, -0.25) is 0 Å². The van der Waals surface area contributed by atoms with Gasteiger partial charge >= 0.3 is 0 Å². The van der Waals surface area contributed by atoms with E-state index in [-0.39, 0.29) is 0 Å². The van der Waals surface area contributed by atoms with Crippen LogP contribution in [0.2, 0.25) is 0 Å². The Morgan fingerprint density at radius 1 is 1.55 bits per heavy atom. The van der Waals surface area contributed by atoms with Gasteiger partial charge in [-0.25, -0.2) is 9.98 Å². The summed E-state index contributed by atoms with van der Waals surface area (Å²) in [5, 5.41) is 6.75. The Hall–Kier alpha value is -1.10. The number of aromatic nitrogens is 1. The fourth-order valence-electron chi connectivity index (χ4n) is 2.55. The number of guanidine groups is 1. The third kappa shape index (κ3) is 4.20. The van der Waals surface area contributed by atoms with E-state index in [0.29, 0.717) is 6.54 Å². The van der Waals surface area contributed by atoms with E-state index in [9.17, 15) is 0 Å². The van der Waals surface area contributed by atoms with Crippen molar-refractivity contribution in [1.29, 1.82) is 0 Å². The predicted molar refractivity (Wildman–Crippen MR) is 86.3 cm³/mol. The van der Waals surface area contributed by atoms with E-state index in [4.69, 9.17) is 4.99 Å². The maximum absolute atomic E-state index is 4.77. The number of nitrogens with zero attached hydrogens (tertiary/aromatic N) is 3. The monoisotopic (exact) mass is 294 g/mol. The lowest BCUT2D eigenvalue weighted by Crippen LogP contribution is -2.46. The molecule has 1 aliphatic heterocycles. The molecule has 1 aromatic rings. The van der Waals surface area contributed by atoms with Crippen LogP contribution in [0.5, 0.6) is 0 Å². The minimum Gasteiger partial charge on any atom is -0.357 e. The topological polar surface area (TPSA) is 40.5 Å². The molecule has 1 saturated heterocycles. The number of hydrogen-bond acceptors (Lipinski definition) is 3. The van der Waals surface area contributed by atoms with E-state index in [1.54, 1.807) is 11.3 Å². The van der Waals surface area contributed by atoms with Crippen LogP contribution in [0, 0.1) is 5.92 Å². The first-order valence-electron chi connectivity index (χ1n) is 7.69. The maximum Gasteiger partial charge on any atom is 0.194 e. The van der Waals surface area contributed by atoms with Crippen LogP contribution in [0.4, 0.5) is 0 Å². The van der Waals surface area contributed by atoms with Crippen molar-refractivity contribution < 1.29 is 0 Å². The Balaban J connectivity index is 2.01. The number of likely N-dealkylation sites (tertiary alicyclic amines) is 1. The van der Waals surface area contributed by atoms with Crippen LogP contribution in [-0.2, 0) is 13.0 Å². The van der Waals surface area contributed by atoms with Gasteiger partial charge in [0.05, 0.1) is 17.2 Å². The van der Waals surface area contributed by atoms with Crippen LogP contribution in [0.3, 0.4) is 0 Å². The molecule has 112 valence electrons. The SMILES string of the molecule is CCNC(=NCc1csc(CC)n1)N1CCCC(C)C1. The highest BCUT2D eigenvalue weighted by atomic mass is 32.1. The summed E-state index contributed by atoms with van der Waals surface area (Å²) in [5.41, 5.74) is 1.09. The van der Waals surface area contributed by atoms with Crippen LogP contribution >= 0.6 is 11.3 Å². The van der Waals surface area contributed by atoms with Crippen molar-refractivity contribution in [3.05, 3.63) is 16.1 Å². The number of piperidine rings is 1. The number of aliphatic imine (C=N–C) groups is 1. The van der Waals surface area contributed by atoms with Gasteiger partial charge < -0.3 is 10.2 Å². The Bertz CT molecular complexity index is 441. The maximum atomic E-state index is 4.77. The van der Waals surface area contributed by atoms with Gasteiger partial charge in [0.25, 0.3) is 0 Å². The minimum atomic E-state index is 0.684. The summed E-state index contributed by atoms with van der Waals surface area (Å²) in [6, 6.07) is 0. The lowest BCUT2D eigenvalue weighted by atomic mass is 10.0. The average molecular weight is 294 g/mol. The standard InChI is InChI=1S/C15H26N4S/c1-4-14-18-13(11-20-14)9-17-15(16-5-2)19-8-6-7-12(3)10-19/h11-12H,4-10H2,1-3H3,(H,16,17). The van der Waals surface area contributed by atoms with E-state index in [1.807, 2.05) is 0 Å². The fourth-order valence-corrected chi connectivity index (χ4v) is 3.28. The number of thiazole rings is 1. The first-order chi connectivity index (χ1) is 9.72. The van der Waals surface area contributed by atoms with E-state index >= 15 is 0 Å². The molecule has 1 aliphatic rings. The Labute approximate surface area is 126 Å². The van der Waals surface area contributed by atoms with Crippen LogP contribution in [0.25, 0.3) is 0 Å². The molecule has 1 atom stereocenters. The van der Waals surface area contributed by atoms with Crippen molar-refractivity contribution >= 4 is 17.3 Å². The molecule has 0 radical (unpaired) electrons. The zero-order chi connectivity index (χ0) is 14.4. The van der Waals surface area contributed by atoms with Crippen molar-refractivity contribution in [3.8, 4) is 0 Å². The van der Waals surface area contributed by atoms with Crippen LogP contribution < -0.4 is 5.32 Å². The van der Waals surface area contributed by atoms with Gasteiger partial charge in [-0.15, -0.1) is 11.3 Å². The van der Waals surface area contributed by atoms with Crippen LogP contribution in [0.15, 0.2) is 10.4 Å². The first kappa shape index (κ1) is 15.3. The summed E-state index contributed by atoms with van der Waals surface area (Å²) in [6.45, 7) is 10.4. The first-order valence-corrected chi connectivity index (χ1v) is 8.57. The molecule has 0 saturated carbocycles. The van der Waals surface area contributed by atoms with Crippen LogP contribution in [-0.4, -0.2) is 35.5 Å². The molecular weight excluding hydrogens is 268 g/mol. The third-order valence-electron chi connectivity index (χ3n) is 3.58. The quantitative estimate of drug-likeness (QED) is 0.685. The molecule has 0 aliphatic carbocycles. The molecule has 0 spiro atoms. The number of hydrogen-bond donors (Lipinski definition) is 1. The molecule has 1 unspecified atom stereocenters. The summed E-state index contributed by atoms with van der Waals surface area (Å²) in [6.07, 6.45) is 3.61. The van der Waals surface area contributed by atoms with E-state index in [0.717, 1.165) is 43.6 Å². The predicted octanol–water partition coefficient (Wildman–Crippen LogP) is 2.90. The normalized spacial score (nSPS) is 20.2. The second kappa shape index (κ2) is 7.62. The van der Waals surface area contributed by atoms with Gasteiger partial charge in [0.1, 0.15) is 0 Å². The second-order valence-electron chi connectivity index (χ2n) is 5.45. The molecule has 1 fully saturated rings. The lowest BCUT2D eigenvalue weighted by Gasteiger charge is -2.33. The molecule has 0 amide bonds. The zero-order valence-corrected chi connectivity index (χ0v) is 13.7. The van der Waals surface area contributed by atoms with Crippen LogP contribution in [0.1, 0.15) is 44.3 Å². The van der Waals surface area contributed by atoms with E-state index in [1.165, 1.54) is 17.8 Å². The third-order valence-corrected chi connectivity index (χ3v) is 4.63. The molecular formula is C15H26N4S. The summed E-state index contributed by atoms with van der Waals surface area (Å²) < 4.78 is 0. The molecule has 2 heterocycles. The van der Waals surface area contributed by atoms with Gasteiger partial charge in [0, 0.05) is 25.0 Å². The second-order valence-corrected chi connectivity index (χ2v) is 6.39. The van der Waals surface area contributed by atoms with Crippen molar-refractivity contribution in [2.24, 2.45) is 10.9 Å². The summed E-state index contributed by atoms with van der Waals surface area (Å²) >= 11 is 1.74. The molecule has 1 aromatic heterocycles.